The van der Waals surface area contributed by atoms with Gasteiger partial charge in [-0.3, -0.25) is 9.59 Å². The first-order valence-corrected chi connectivity index (χ1v) is 8.24. The lowest BCUT2D eigenvalue weighted by Crippen LogP contribution is -2.30. The number of carbonyl (C=O) groups excluding carboxylic acids is 2. The summed E-state index contributed by atoms with van der Waals surface area (Å²) in [6.07, 6.45) is -0.688. The van der Waals surface area contributed by atoms with Gasteiger partial charge in [0.25, 0.3) is 5.91 Å². The molecule has 0 saturated carbocycles. The number of rotatable bonds is 8. The van der Waals surface area contributed by atoms with Crippen LogP contribution in [-0.4, -0.2) is 29.7 Å². The van der Waals surface area contributed by atoms with Crippen molar-refractivity contribution in [3.05, 3.63) is 41.3 Å². The zero-order valence-corrected chi connectivity index (χ0v) is 15.1. The number of nitrogens with one attached hydrogen (secondary N) is 1. The normalized spacial score (nSPS) is 11.9. The van der Waals surface area contributed by atoms with Crippen LogP contribution in [0.1, 0.15) is 30.4 Å². The van der Waals surface area contributed by atoms with Crippen molar-refractivity contribution in [2.24, 2.45) is 0 Å². The van der Waals surface area contributed by atoms with Crippen molar-refractivity contribution in [3.63, 3.8) is 0 Å². The van der Waals surface area contributed by atoms with Crippen LogP contribution >= 0.6 is 0 Å². The summed E-state index contributed by atoms with van der Waals surface area (Å²) < 4.78 is 39.3. The molecule has 2 rings (SSSR count). The van der Waals surface area contributed by atoms with Crippen LogP contribution in [-0.2, 0) is 20.7 Å². The third kappa shape index (κ3) is 5.77. The Morgan fingerprint density at radius 1 is 1.26 bits per heavy atom. The number of nitrogens with zero attached hydrogens (tertiary/aromatic N) is 1. The Labute approximate surface area is 154 Å². The monoisotopic (exact) mass is 382 g/mol. The van der Waals surface area contributed by atoms with Gasteiger partial charge in [-0.05, 0) is 39.3 Å². The summed E-state index contributed by atoms with van der Waals surface area (Å²) in [6, 6.07) is 5.74. The third-order valence-corrected chi connectivity index (χ3v) is 3.80. The molecule has 0 saturated heterocycles. The van der Waals surface area contributed by atoms with Crippen LogP contribution in [0.3, 0.4) is 0 Å². The summed E-state index contributed by atoms with van der Waals surface area (Å²) in [5, 5.41) is 6.21. The van der Waals surface area contributed by atoms with Crippen LogP contribution in [0.4, 0.5) is 14.5 Å². The van der Waals surface area contributed by atoms with Crippen LogP contribution < -0.4 is 10.1 Å². The number of halogens is 2. The van der Waals surface area contributed by atoms with Crippen LogP contribution in [0.5, 0.6) is 5.75 Å². The lowest BCUT2D eigenvalue weighted by atomic mass is 10.1. The van der Waals surface area contributed by atoms with Gasteiger partial charge >= 0.3 is 12.6 Å². The molecule has 1 atom stereocenters. The predicted octanol–water partition coefficient (Wildman–Crippen LogP) is 3.40. The SMILES string of the molecule is Cc1noc(C)c1CCC(=O)O[C@@H](C)C(=O)Nc1ccccc1OC(F)F. The first-order chi connectivity index (χ1) is 12.8. The number of hydrogen-bond acceptors (Lipinski definition) is 6. The predicted molar refractivity (Wildman–Crippen MR) is 91.6 cm³/mol. The van der Waals surface area contributed by atoms with Crippen molar-refractivity contribution in [1.82, 2.24) is 5.16 Å². The maximum absolute atomic E-state index is 12.4. The van der Waals surface area contributed by atoms with E-state index in [1.165, 1.54) is 25.1 Å². The number of hydrogen-bond donors (Lipinski definition) is 1. The second-order valence-electron chi connectivity index (χ2n) is 5.80. The second kappa shape index (κ2) is 9.11. The van der Waals surface area contributed by atoms with Gasteiger partial charge in [-0.25, -0.2) is 0 Å². The minimum Gasteiger partial charge on any atom is -0.453 e. The maximum atomic E-state index is 12.4. The fourth-order valence-electron chi connectivity index (χ4n) is 2.40. The topological polar surface area (TPSA) is 90.7 Å². The Kier molecular flexibility index (Phi) is 6.86. The van der Waals surface area contributed by atoms with Crippen molar-refractivity contribution in [2.45, 2.75) is 46.3 Å². The largest absolute Gasteiger partial charge is 0.453 e. The van der Waals surface area contributed by atoms with Gasteiger partial charge in [-0.2, -0.15) is 8.78 Å². The highest BCUT2D eigenvalue weighted by Crippen LogP contribution is 2.25. The van der Waals surface area contributed by atoms with Crippen molar-refractivity contribution >= 4 is 17.6 Å². The highest BCUT2D eigenvalue weighted by atomic mass is 19.3. The molecule has 0 unspecified atom stereocenters. The number of benzene rings is 1. The van der Waals surface area contributed by atoms with E-state index in [9.17, 15) is 18.4 Å². The van der Waals surface area contributed by atoms with Crippen LogP contribution in [0.25, 0.3) is 0 Å². The summed E-state index contributed by atoms with van der Waals surface area (Å²) in [5.41, 5.74) is 1.57. The molecular weight excluding hydrogens is 362 g/mol. The number of aromatic nitrogens is 1. The molecule has 0 aliphatic carbocycles. The van der Waals surface area contributed by atoms with Gasteiger partial charge in [-0.15, -0.1) is 0 Å². The van der Waals surface area contributed by atoms with Gasteiger partial charge in [-0.1, -0.05) is 17.3 Å². The molecule has 9 heteroatoms. The van der Waals surface area contributed by atoms with Crippen molar-refractivity contribution in [3.8, 4) is 5.75 Å². The van der Waals surface area contributed by atoms with E-state index in [0.717, 1.165) is 5.56 Å². The first-order valence-electron chi connectivity index (χ1n) is 8.24. The molecular formula is C18H20F2N2O5. The van der Waals surface area contributed by atoms with Gasteiger partial charge in [0.05, 0.1) is 11.4 Å². The van der Waals surface area contributed by atoms with Gasteiger partial charge in [0.15, 0.2) is 6.10 Å². The number of para-hydroxylation sites is 2. The molecule has 146 valence electrons. The van der Waals surface area contributed by atoms with E-state index in [0.29, 0.717) is 17.9 Å². The number of alkyl halides is 2. The molecule has 7 nitrogen and oxygen atoms in total. The smallest absolute Gasteiger partial charge is 0.387 e. The van der Waals surface area contributed by atoms with E-state index in [2.05, 4.69) is 15.2 Å². The first kappa shape index (κ1) is 20.3. The standard InChI is InChI=1S/C18H20F2N2O5/c1-10-13(11(2)27-22-10)8-9-16(23)25-12(3)17(24)21-14-6-4-5-7-15(14)26-18(19)20/h4-7,12,18H,8-9H2,1-3H3,(H,21,24)/t12-/m0/s1. The van der Waals surface area contributed by atoms with Crippen molar-refractivity contribution < 1.29 is 32.4 Å². The summed E-state index contributed by atoms with van der Waals surface area (Å²) >= 11 is 0. The molecule has 1 N–H and O–H groups in total. The van der Waals surface area contributed by atoms with Gasteiger partial charge < -0.3 is 19.3 Å². The molecule has 1 aromatic heterocycles. The second-order valence-corrected chi connectivity index (χ2v) is 5.80. The van der Waals surface area contributed by atoms with Gasteiger partial charge in [0, 0.05) is 12.0 Å². The lowest BCUT2D eigenvalue weighted by molar-refractivity contribution is -0.153. The zero-order valence-electron chi connectivity index (χ0n) is 15.1. The molecule has 0 aliphatic heterocycles. The van der Waals surface area contributed by atoms with Crippen LogP contribution in [0.2, 0.25) is 0 Å². The Bertz CT molecular complexity index is 787. The Morgan fingerprint density at radius 2 is 1.96 bits per heavy atom. The average Bonchev–Trinajstić information content (AvgIpc) is 2.92. The quantitative estimate of drug-likeness (QED) is 0.704. The minimum absolute atomic E-state index is 0.0472. The molecule has 1 amide bonds. The number of anilines is 1. The molecule has 0 spiro atoms. The van der Waals surface area contributed by atoms with Gasteiger partial charge in [0.2, 0.25) is 0 Å². The molecule has 0 aliphatic rings. The zero-order chi connectivity index (χ0) is 20.0. The van der Waals surface area contributed by atoms with Crippen LogP contribution in [0.15, 0.2) is 28.8 Å². The Morgan fingerprint density at radius 3 is 2.59 bits per heavy atom. The highest BCUT2D eigenvalue weighted by molar-refractivity contribution is 5.96. The molecule has 1 aromatic carbocycles. The average molecular weight is 382 g/mol. The fraction of sp³-hybridized carbons (Fsp3) is 0.389. The van der Waals surface area contributed by atoms with E-state index in [4.69, 9.17) is 9.26 Å². The highest BCUT2D eigenvalue weighted by Gasteiger charge is 2.20. The molecule has 0 radical (unpaired) electrons. The molecule has 1 heterocycles. The fourth-order valence-corrected chi connectivity index (χ4v) is 2.40. The molecule has 0 bridgehead atoms. The summed E-state index contributed by atoms with van der Waals surface area (Å²) in [5.74, 6) is -0.791. The van der Waals surface area contributed by atoms with Crippen molar-refractivity contribution in [1.29, 1.82) is 0 Å². The van der Waals surface area contributed by atoms with E-state index in [-0.39, 0.29) is 17.9 Å². The Balaban J connectivity index is 1.89. The van der Waals surface area contributed by atoms with E-state index >= 15 is 0 Å². The summed E-state index contributed by atoms with van der Waals surface area (Å²) in [7, 11) is 0. The number of ether oxygens (including phenoxy) is 2. The number of amides is 1. The molecule has 0 fully saturated rings. The Hall–Kier alpha value is -2.97. The summed E-state index contributed by atoms with van der Waals surface area (Å²) in [4.78, 5) is 24.1. The van der Waals surface area contributed by atoms with Crippen molar-refractivity contribution in [2.75, 3.05) is 5.32 Å². The van der Waals surface area contributed by atoms with E-state index in [1.54, 1.807) is 19.9 Å². The number of esters is 1. The minimum atomic E-state index is -3.03. The van der Waals surface area contributed by atoms with E-state index < -0.39 is 24.6 Å². The van der Waals surface area contributed by atoms with Crippen LogP contribution in [0, 0.1) is 13.8 Å². The third-order valence-electron chi connectivity index (χ3n) is 3.80. The lowest BCUT2D eigenvalue weighted by Gasteiger charge is -2.15. The van der Waals surface area contributed by atoms with Gasteiger partial charge in [0.1, 0.15) is 11.5 Å². The molecule has 27 heavy (non-hydrogen) atoms. The number of carbonyl (C=O) groups is 2. The maximum Gasteiger partial charge on any atom is 0.387 e. The molecule has 2 aromatic rings. The summed E-state index contributed by atoms with van der Waals surface area (Å²) in [6.45, 7) is 1.88. The number of aryl methyl sites for hydroxylation is 2. The van der Waals surface area contributed by atoms with E-state index in [1.807, 2.05) is 0 Å².